The minimum absolute atomic E-state index is 0.0337. The zero-order valence-corrected chi connectivity index (χ0v) is 11.6. The van der Waals surface area contributed by atoms with Gasteiger partial charge < -0.3 is 4.74 Å². The molecule has 1 heterocycles. The van der Waals surface area contributed by atoms with E-state index in [1.807, 2.05) is 31.2 Å². The van der Waals surface area contributed by atoms with E-state index >= 15 is 0 Å². The molecule has 2 rings (SSSR count). The first-order valence-corrected chi connectivity index (χ1v) is 7.98. The molecule has 5 nitrogen and oxygen atoms in total. The maximum Gasteiger partial charge on any atom is 0.232 e. The lowest BCUT2D eigenvalue weighted by Crippen LogP contribution is -1.95. The molecule has 0 aliphatic carbocycles. The highest BCUT2D eigenvalue weighted by molar-refractivity contribution is 7.92. The second-order valence-corrected chi connectivity index (χ2v) is 6.77. The van der Waals surface area contributed by atoms with E-state index in [1.54, 1.807) is 0 Å². The largest absolute Gasteiger partial charge is 0.494 e. The van der Waals surface area contributed by atoms with Crippen molar-refractivity contribution in [2.45, 2.75) is 11.3 Å². The summed E-state index contributed by atoms with van der Waals surface area (Å²) in [4.78, 5) is 0. The van der Waals surface area contributed by atoms with Crippen molar-refractivity contribution >= 4 is 21.2 Å². The summed E-state index contributed by atoms with van der Waals surface area (Å²) in [5.41, 5.74) is 0.825. The van der Waals surface area contributed by atoms with Crippen molar-refractivity contribution in [1.29, 1.82) is 0 Å². The average Bonchev–Trinajstić information content (AvgIpc) is 2.79. The quantitative estimate of drug-likeness (QED) is 0.859. The summed E-state index contributed by atoms with van der Waals surface area (Å²) in [6, 6.07) is 7.30. The monoisotopic (exact) mass is 284 g/mol. The van der Waals surface area contributed by atoms with Crippen LogP contribution in [0.1, 0.15) is 6.92 Å². The van der Waals surface area contributed by atoms with Crippen molar-refractivity contribution in [3.63, 3.8) is 0 Å². The molecule has 0 amide bonds. The molecule has 2 aromatic rings. The molecule has 0 saturated carbocycles. The van der Waals surface area contributed by atoms with Gasteiger partial charge in [-0.25, -0.2) is 8.42 Å². The Labute approximate surface area is 109 Å². The lowest BCUT2D eigenvalue weighted by atomic mass is 10.2. The summed E-state index contributed by atoms with van der Waals surface area (Å²) >= 11 is 1.06. The van der Waals surface area contributed by atoms with Crippen LogP contribution < -0.4 is 4.74 Å². The number of hydrogen-bond donors (Lipinski definition) is 0. The predicted octanol–water partition coefficient (Wildman–Crippen LogP) is 2.01. The lowest BCUT2D eigenvalue weighted by Gasteiger charge is -2.02. The van der Waals surface area contributed by atoms with Gasteiger partial charge in [-0.1, -0.05) is 11.3 Å². The number of aromatic nitrogens is 2. The molecule has 1 aromatic heterocycles. The van der Waals surface area contributed by atoms with Crippen molar-refractivity contribution in [3.8, 4) is 16.3 Å². The fourth-order valence-electron chi connectivity index (χ4n) is 1.34. The Balaban J connectivity index is 2.29. The number of rotatable bonds is 4. The van der Waals surface area contributed by atoms with Crippen LogP contribution in [0.15, 0.2) is 28.6 Å². The lowest BCUT2D eigenvalue weighted by molar-refractivity contribution is 0.340. The van der Waals surface area contributed by atoms with Gasteiger partial charge in [-0.15, -0.1) is 10.2 Å². The maximum atomic E-state index is 11.3. The van der Waals surface area contributed by atoms with E-state index in [9.17, 15) is 8.42 Å². The van der Waals surface area contributed by atoms with Gasteiger partial charge in [-0.2, -0.15) is 0 Å². The SMILES string of the molecule is CCOc1ccc(-c2nnc(S(C)(=O)=O)s2)cc1. The fraction of sp³-hybridized carbons (Fsp3) is 0.273. The van der Waals surface area contributed by atoms with Crippen LogP contribution in [0.3, 0.4) is 0 Å². The van der Waals surface area contributed by atoms with Crippen LogP contribution in [0.4, 0.5) is 0 Å². The van der Waals surface area contributed by atoms with Gasteiger partial charge in [-0.3, -0.25) is 0 Å². The molecule has 0 aliphatic rings. The van der Waals surface area contributed by atoms with Crippen LogP contribution in [-0.2, 0) is 9.84 Å². The average molecular weight is 284 g/mol. The molecule has 18 heavy (non-hydrogen) atoms. The molecular weight excluding hydrogens is 272 g/mol. The maximum absolute atomic E-state index is 11.3. The van der Waals surface area contributed by atoms with Crippen LogP contribution in [0, 0.1) is 0 Å². The molecule has 0 atom stereocenters. The Kier molecular flexibility index (Phi) is 3.63. The van der Waals surface area contributed by atoms with Crippen LogP contribution in [0.2, 0.25) is 0 Å². The summed E-state index contributed by atoms with van der Waals surface area (Å²) in [7, 11) is -3.29. The molecule has 0 aliphatic heterocycles. The third kappa shape index (κ3) is 2.85. The van der Waals surface area contributed by atoms with Gasteiger partial charge in [0.15, 0.2) is 0 Å². The summed E-state index contributed by atoms with van der Waals surface area (Å²) in [6.07, 6.45) is 1.12. The van der Waals surface area contributed by atoms with Crippen molar-refractivity contribution < 1.29 is 13.2 Å². The Morgan fingerprint density at radius 1 is 1.22 bits per heavy atom. The minimum atomic E-state index is -3.29. The Morgan fingerprint density at radius 3 is 2.39 bits per heavy atom. The van der Waals surface area contributed by atoms with E-state index < -0.39 is 9.84 Å². The molecule has 0 fully saturated rings. The predicted molar refractivity (Wildman–Crippen MR) is 69.6 cm³/mol. The zero-order chi connectivity index (χ0) is 13.2. The highest BCUT2D eigenvalue weighted by Crippen LogP contribution is 2.27. The van der Waals surface area contributed by atoms with Crippen LogP contribution in [-0.4, -0.2) is 31.5 Å². The third-order valence-electron chi connectivity index (χ3n) is 2.14. The second kappa shape index (κ2) is 5.03. The van der Waals surface area contributed by atoms with Crippen LogP contribution in [0.5, 0.6) is 5.75 Å². The van der Waals surface area contributed by atoms with Gasteiger partial charge >= 0.3 is 0 Å². The fourth-order valence-corrected chi connectivity index (χ4v) is 2.95. The van der Waals surface area contributed by atoms with Gasteiger partial charge in [0.1, 0.15) is 10.8 Å². The Hall–Kier alpha value is -1.47. The van der Waals surface area contributed by atoms with Gasteiger partial charge in [0.05, 0.1) is 6.61 Å². The Bertz CT molecular complexity index is 633. The van der Waals surface area contributed by atoms with Crippen molar-refractivity contribution in [2.75, 3.05) is 12.9 Å². The number of nitrogens with zero attached hydrogens (tertiary/aromatic N) is 2. The van der Waals surface area contributed by atoms with E-state index in [4.69, 9.17) is 4.74 Å². The normalized spacial score (nSPS) is 11.4. The highest BCUT2D eigenvalue weighted by atomic mass is 32.2. The molecule has 0 radical (unpaired) electrons. The summed E-state index contributed by atoms with van der Waals surface area (Å²) in [6.45, 7) is 2.52. The summed E-state index contributed by atoms with van der Waals surface area (Å²) in [5, 5.41) is 8.13. The summed E-state index contributed by atoms with van der Waals surface area (Å²) in [5.74, 6) is 0.772. The van der Waals surface area contributed by atoms with E-state index in [0.29, 0.717) is 11.6 Å². The number of ether oxygens (including phenoxy) is 1. The minimum Gasteiger partial charge on any atom is -0.494 e. The second-order valence-electron chi connectivity index (χ2n) is 3.60. The van der Waals surface area contributed by atoms with Crippen molar-refractivity contribution in [1.82, 2.24) is 10.2 Å². The van der Waals surface area contributed by atoms with Gasteiger partial charge in [0.2, 0.25) is 14.2 Å². The molecular formula is C11H12N2O3S2. The topological polar surface area (TPSA) is 69.2 Å². The number of hydrogen-bond acceptors (Lipinski definition) is 6. The van der Waals surface area contributed by atoms with Gasteiger partial charge in [0, 0.05) is 11.8 Å². The molecule has 1 aromatic carbocycles. The van der Waals surface area contributed by atoms with E-state index in [-0.39, 0.29) is 4.34 Å². The highest BCUT2D eigenvalue weighted by Gasteiger charge is 2.15. The summed E-state index contributed by atoms with van der Waals surface area (Å²) < 4.78 is 28.0. The molecule has 0 bridgehead atoms. The molecule has 96 valence electrons. The van der Waals surface area contributed by atoms with Gasteiger partial charge in [0.25, 0.3) is 0 Å². The first-order valence-electron chi connectivity index (χ1n) is 5.27. The third-order valence-corrected chi connectivity index (χ3v) is 4.78. The van der Waals surface area contributed by atoms with E-state index in [1.165, 1.54) is 0 Å². The number of benzene rings is 1. The standard InChI is InChI=1S/C11H12N2O3S2/c1-3-16-9-6-4-8(5-7-9)10-12-13-11(17-10)18(2,14)15/h4-7H,3H2,1-2H3. The first kappa shape index (κ1) is 13.0. The Morgan fingerprint density at radius 2 is 1.89 bits per heavy atom. The van der Waals surface area contributed by atoms with E-state index in [2.05, 4.69) is 10.2 Å². The van der Waals surface area contributed by atoms with Crippen LogP contribution >= 0.6 is 11.3 Å². The first-order chi connectivity index (χ1) is 8.50. The molecule has 7 heteroatoms. The smallest absolute Gasteiger partial charge is 0.232 e. The molecule has 0 N–H and O–H groups in total. The van der Waals surface area contributed by atoms with Crippen molar-refractivity contribution in [3.05, 3.63) is 24.3 Å². The van der Waals surface area contributed by atoms with Crippen molar-refractivity contribution in [2.24, 2.45) is 0 Å². The number of sulfone groups is 1. The van der Waals surface area contributed by atoms with Crippen LogP contribution in [0.25, 0.3) is 10.6 Å². The van der Waals surface area contributed by atoms with E-state index in [0.717, 1.165) is 28.9 Å². The zero-order valence-electron chi connectivity index (χ0n) is 9.95. The molecule has 0 spiro atoms. The molecule has 0 saturated heterocycles. The molecule has 0 unspecified atom stereocenters. The van der Waals surface area contributed by atoms with Gasteiger partial charge in [-0.05, 0) is 31.2 Å².